The molecule has 4 aliphatic rings. The Bertz CT molecular complexity index is 1600. The Hall–Kier alpha value is -3.43. The molecule has 0 radical (unpaired) electrons. The van der Waals surface area contributed by atoms with Crippen LogP contribution in [-0.4, -0.2) is 68.9 Å². The van der Waals surface area contributed by atoms with Crippen molar-refractivity contribution < 1.29 is 14.3 Å². The van der Waals surface area contributed by atoms with Crippen molar-refractivity contribution in [3.05, 3.63) is 42.1 Å². The number of nitrogens with zero attached hydrogens (tertiary/aromatic N) is 5. The lowest BCUT2D eigenvalue weighted by atomic mass is 10.1. The highest BCUT2D eigenvalue weighted by atomic mass is 16.5. The fraction of sp³-hybridized carbons (Fsp3) is 0.500. The van der Waals surface area contributed by atoms with E-state index in [4.69, 9.17) is 25.2 Å². The number of hydrogen-bond donors (Lipinski definition) is 1. The molecule has 2 saturated heterocycles. The third kappa shape index (κ3) is 3.63. The molecule has 2 N–H and O–H groups in total. The predicted octanol–water partition coefficient (Wildman–Crippen LogP) is 3.99. The van der Waals surface area contributed by atoms with E-state index in [1.165, 1.54) is 12.8 Å². The molecule has 0 spiro atoms. The lowest BCUT2D eigenvalue weighted by molar-refractivity contribution is 0.0700. The molecule has 39 heavy (non-hydrogen) atoms. The number of hydrogen-bond acceptors (Lipinski definition) is 6. The third-order valence-electron chi connectivity index (χ3n) is 9.42. The van der Waals surface area contributed by atoms with Gasteiger partial charge in [-0.1, -0.05) is 0 Å². The van der Waals surface area contributed by atoms with Crippen LogP contribution in [0.4, 0.5) is 0 Å². The maximum Gasteiger partial charge on any atom is 0.254 e. The van der Waals surface area contributed by atoms with E-state index in [1.807, 2.05) is 29.3 Å². The molecule has 1 amide bonds. The van der Waals surface area contributed by atoms with E-state index >= 15 is 0 Å². The highest BCUT2D eigenvalue weighted by Gasteiger charge is 2.47. The predicted molar refractivity (Wildman–Crippen MR) is 148 cm³/mol. The molecule has 0 unspecified atom stereocenters. The number of carbonyl (C=O) groups is 1. The topological polar surface area (TPSA) is 100 Å². The lowest BCUT2D eigenvalue weighted by Gasteiger charge is -2.27. The van der Waals surface area contributed by atoms with Crippen molar-refractivity contribution in [2.45, 2.75) is 56.8 Å². The first-order valence-electron chi connectivity index (χ1n) is 14.3. The van der Waals surface area contributed by atoms with Gasteiger partial charge in [0.1, 0.15) is 16.9 Å². The SMILES string of the molecule is COc1cc(C(=O)N2C[C@H]3CC[C@@H]2[C@@H]3N)cc2nc(-c3cc4cccnc4n3CC3CC3)n([C@H]3CCOC3)c12. The number of piperidine rings is 1. The molecule has 202 valence electrons. The van der Waals surface area contributed by atoms with Crippen LogP contribution in [0.15, 0.2) is 36.5 Å². The summed E-state index contributed by atoms with van der Waals surface area (Å²) in [7, 11) is 1.67. The average Bonchev–Trinajstić information content (AvgIpc) is 3.36. The van der Waals surface area contributed by atoms with Gasteiger partial charge in [-0.05, 0) is 74.3 Å². The van der Waals surface area contributed by atoms with E-state index in [1.54, 1.807) is 7.11 Å². The van der Waals surface area contributed by atoms with Gasteiger partial charge in [0.2, 0.25) is 0 Å². The summed E-state index contributed by atoms with van der Waals surface area (Å²) in [6.45, 7) is 3.00. The third-order valence-corrected chi connectivity index (χ3v) is 9.42. The summed E-state index contributed by atoms with van der Waals surface area (Å²) < 4.78 is 16.4. The second kappa shape index (κ2) is 8.79. The molecule has 1 aromatic carbocycles. The first-order valence-corrected chi connectivity index (χ1v) is 14.3. The highest BCUT2D eigenvalue weighted by molar-refractivity contribution is 6.00. The molecule has 8 rings (SSSR count). The molecular formula is C30H34N6O3. The van der Waals surface area contributed by atoms with Crippen LogP contribution in [0.2, 0.25) is 0 Å². The quantitative estimate of drug-likeness (QED) is 0.408. The fourth-order valence-corrected chi connectivity index (χ4v) is 7.20. The van der Waals surface area contributed by atoms with Gasteiger partial charge >= 0.3 is 0 Å². The van der Waals surface area contributed by atoms with Crippen LogP contribution in [0.1, 0.15) is 48.5 Å². The summed E-state index contributed by atoms with van der Waals surface area (Å²) in [5, 5.41) is 1.11. The Morgan fingerprint density at radius 1 is 1.18 bits per heavy atom. The van der Waals surface area contributed by atoms with Crippen LogP contribution >= 0.6 is 0 Å². The van der Waals surface area contributed by atoms with Crippen LogP contribution in [0.25, 0.3) is 33.6 Å². The second-order valence-electron chi connectivity index (χ2n) is 11.8. The summed E-state index contributed by atoms with van der Waals surface area (Å²) in [5.74, 6) is 2.64. The fourth-order valence-electron chi connectivity index (χ4n) is 7.20. The van der Waals surface area contributed by atoms with E-state index in [-0.39, 0.29) is 24.0 Å². The lowest BCUT2D eigenvalue weighted by Crippen LogP contribution is -2.41. The molecule has 9 nitrogen and oxygen atoms in total. The maximum absolute atomic E-state index is 13.8. The molecule has 4 atom stereocenters. The van der Waals surface area contributed by atoms with E-state index in [9.17, 15) is 4.79 Å². The van der Waals surface area contributed by atoms with Crippen molar-refractivity contribution >= 4 is 28.0 Å². The second-order valence-corrected chi connectivity index (χ2v) is 11.8. The van der Waals surface area contributed by atoms with Crippen LogP contribution in [0, 0.1) is 11.8 Å². The van der Waals surface area contributed by atoms with Gasteiger partial charge in [0.15, 0.2) is 5.82 Å². The number of ether oxygens (including phenoxy) is 2. The Morgan fingerprint density at radius 3 is 2.79 bits per heavy atom. The van der Waals surface area contributed by atoms with Gasteiger partial charge in [-0.3, -0.25) is 4.79 Å². The van der Waals surface area contributed by atoms with Crippen molar-refractivity contribution in [2.75, 3.05) is 26.9 Å². The van der Waals surface area contributed by atoms with Gasteiger partial charge in [-0.25, -0.2) is 9.97 Å². The molecule has 2 aliphatic heterocycles. The average molecular weight is 527 g/mol. The number of aromatic nitrogens is 4. The van der Waals surface area contributed by atoms with Gasteiger partial charge in [0.05, 0.1) is 31.0 Å². The Balaban J connectivity index is 1.31. The molecule has 2 bridgehead atoms. The van der Waals surface area contributed by atoms with E-state index in [2.05, 4.69) is 21.3 Å². The van der Waals surface area contributed by atoms with Crippen molar-refractivity contribution in [3.8, 4) is 17.3 Å². The normalized spacial score (nSPS) is 26.4. The number of methoxy groups -OCH3 is 1. The van der Waals surface area contributed by atoms with Gasteiger partial charge in [-0.2, -0.15) is 0 Å². The number of likely N-dealkylation sites (tertiary alicyclic amines) is 1. The molecule has 3 aromatic heterocycles. The largest absolute Gasteiger partial charge is 0.494 e. The Labute approximate surface area is 226 Å². The van der Waals surface area contributed by atoms with Gasteiger partial charge in [-0.15, -0.1) is 0 Å². The van der Waals surface area contributed by atoms with E-state index < -0.39 is 0 Å². The first-order chi connectivity index (χ1) is 19.1. The molecule has 2 aliphatic carbocycles. The van der Waals surface area contributed by atoms with Crippen LogP contribution in [0.3, 0.4) is 0 Å². The van der Waals surface area contributed by atoms with Crippen LogP contribution in [0.5, 0.6) is 5.75 Å². The Kier molecular flexibility index (Phi) is 5.29. The summed E-state index contributed by atoms with van der Waals surface area (Å²) in [4.78, 5) is 25.7. The first kappa shape index (κ1) is 23.5. The zero-order valence-electron chi connectivity index (χ0n) is 22.3. The number of rotatable bonds is 6. The number of carbonyl (C=O) groups excluding carboxylic acids is 1. The monoisotopic (exact) mass is 526 g/mol. The molecule has 9 heteroatoms. The molecule has 4 fully saturated rings. The number of imidazole rings is 1. The number of fused-ring (bicyclic) bond motifs is 4. The van der Waals surface area contributed by atoms with Crippen molar-refractivity contribution in [1.29, 1.82) is 0 Å². The summed E-state index contributed by atoms with van der Waals surface area (Å²) >= 11 is 0. The smallest absolute Gasteiger partial charge is 0.254 e. The summed E-state index contributed by atoms with van der Waals surface area (Å²) in [6.07, 6.45) is 7.36. The minimum atomic E-state index is 0.0187. The Morgan fingerprint density at radius 2 is 2.08 bits per heavy atom. The number of amides is 1. The standard InChI is InChI=1S/C30H34N6O3/c1-38-25-13-20(30(37)35-15-19-6-7-23(35)26(19)31)11-22-27(25)36(21-8-10-39-16-21)29(33-22)24-12-18-3-2-9-32-28(18)34(24)14-17-4-5-17/h2-3,9,11-13,17,19,21,23,26H,4-8,10,14-16,31H2,1H3/t19-,21+,23-,26-/m1/s1. The highest BCUT2D eigenvalue weighted by Crippen LogP contribution is 2.42. The van der Waals surface area contributed by atoms with Gasteiger partial charge in [0, 0.05) is 48.9 Å². The number of pyridine rings is 1. The minimum absolute atomic E-state index is 0.0187. The summed E-state index contributed by atoms with van der Waals surface area (Å²) in [6, 6.07) is 10.5. The van der Waals surface area contributed by atoms with E-state index in [0.717, 1.165) is 65.9 Å². The van der Waals surface area contributed by atoms with Crippen molar-refractivity contribution in [2.24, 2.45) is 17.6 Å². The van der Waals surface area contributed by atoms with Gasteiger partial charge in [0.25, 0.3) is 5.91 Å². The zero-order valence-corrected chi connectivity index (χ0v) is 22.3. The van der Waals surface area contributed by atoms with Gasteiger partial charge < -0.3 is 29.2 Å². The number of benzene rings is 1. The van der Waals surface area contributed by atoms with Crippen LogP contribution < -0.4 is 10.5 Å². The minimum Gasteiger partial charge on any atom is -0.494 e. The maximum atomic E-state index is 13.8. The molecule has 2 saturated carbocycles. The van der Waals surface area contributed by atoms with Crippen LogP contribution in [-0.2, 0) is 11.3 Å². The zero-order chi connectivity index (χ0) is 26.2. The molecule has 4 aromatic rings. The van der Waals surface area contributed by atoms with Crippen molar-refractivity contribution in [1.82, 2.24) is 24.0 Å². The molecular weight excluding hydrogens is 492 g/mol. The van der Waals surface area contributed by atoms with E-state index in [0.29, 0.717) is 36.4 Å². The summed E-state index contributed by atoms with van der Waals surface area (Å²) in [5.41, 5.74) is 10.8. The van der Waals surface area contributed by atoms with Crippen molar-refractivity contribution in [3.63, 3.8) is 0 Å². The number of nitrogens with two attached hydrogens (primary N) is 1. The molecule has 5 heterocycles.